The number of ether oxygens (including phenoxy) is 1. The van der Waals surface area contributed by atoms with Crippen LogP contribution in [0.4, 0.5) is 0 Å². The summed E-state index contributed by atoms with van der Waals surface area (Å²) in [6.45, 7) is 10.5. The molecule has 0 aliphatic carbocycles. The average Bonchev–Trinajstić information content (AvgIpc) is 2.52. The van der Waals surface area contributed by atoms with Crippen LogP contribution in [0.25, 0.3) is 10.8 Å². The summed E-state index contributed by atoms with van der Waals surface area (Å²) in [6.07, 6.45) is 1.84. The maximum Gasteiger partial charge on any atom is 0.258 e. The largest absolute Gasteiger partial charge is 0.492 e. The smallest absolute Gasteiger partial charge is 0.258 e. The van der Waals surface area contributed by atoms with Crippen LogP contribution in [-0.2, 0) is 6.54 Å². The van der Waals surface area contributed by atoms with Crippen molar-refractivity contribution < 1.29 is 4.74 Å². The van der Waals surface area contributed by atoms with Crippen LogP contribution in [0.5, 0.6) is 5.75 Å². The lowest BCUT2D eigenvalue weighted by Crippen LogP contribution is -2.28. The summed E-state index contributed by atoms with van der Waals surface area (Å²) in [4.78, 5) is 14.6. The summed E-state index contributed by atoms with van der Waals surface area (Å²) in [5.41, 5.74) is 0.0455. The topological polar surface area (TPSA) is 34.5 Å². The normalized spacial score (nSPS) is 11.2. The lowest BCUT2D eigenvalue weighted by molar-refractivity contribution is 0.224. The van der Waals surface area contributed by atoms with Crippen molar-refractivity contribution in [3.63, 3.8) is 0 Å². The molecule has 0 bridgehead atoms. The van der Waals surface area contributed by atoms with Crippen LogP contribution in [-0.4, -0.2) is 35.7 Å². The molecule has 2 aromatic rings. The van der Waals surface area contributed by atoms with E-state index in [0.717, 1.165) is 36.2 Å². The number of hydrogen-bond acceptors (Lipinski definition) is 3. The van der Waals surface area contributed by atoms with Crippen LogP contribution < -0.4 is 10.3 Å². The molecular formula is C17H24N2O2. The average molecular weight is 288 g/mol. The predicted octanol–water partition coefficient (Wildman–Crippen LogP) is 2.74. The molecular weight excluding hydrogens is 264 g/mol. The maximum absolute atomic E-state index is 12.3. The van der Waals surface area contributed by atoms with Gasteiger partial charge in [0, 0.05) is 24.7 Å². The Hall–Kier alpha value is -1.81. The molecule has 4 heteroatoms. The Bertz CT molecular complexity index is 645. The summed E-state index contributed by atoms with van der Waals surface area (Å²) in [5, 5.41) is 1.62. The van der Waals surface area contributed by atoms with Crippen molar-refractivity contribution in [1.82, 2.24) is 9.47 Å². The van der Waals surface area contributed by atoms with Gasteiger partial charge in [-0.1, -0.05) is 19.9 Å². The molecule has 0 radical (unpaired) electrons. The van der Waals surface area contributed by atoms with Gasteiger partial charge in [0.2, 0.25) is 0 Å². The summed E-state index contributed by atoms with van der Waals surface area (Å²) < 4.78 is 7.60. The number of nitrogens with zero attached hydrogens (tertiary/aromatic N) is 2. The summed E-state index contributed by atoms with van der Waals surface area (Å²) >= 11 is 0. The number of hydrogen-bond donors (Lipinski definition) is 0. The van der Waals surface area contributed by atoms with Gasteiger partial charge in [-0.15, -0.1) is 0 Å². The Morgan fingerprint density at radius 1 is 1.10 bits per heavy atom. The van der Waals surface area contributed by atoms with Crippen LogP contribution in [0.3, 0.4) is 0 Å². The Labute approximate surface area is 125 Å². The standard InChI is InChI=1S/C17H24N2O2/c1-4-18(5-2)12-13-21-16-9-7-8-15-14(16)10-11-19(6-3)17(15)20/h7-11H,4-6,12-13H2,1-3H3. The van der Waals surface area contributed by atoms with Gasteiger partial charge in [-0.3, -0.25) is 4.79 Å². The fourth-order valence-corrected chi connectivity index (χ4v) is 2.49. The molecule has 0 aliphatic heterocycles. The zero-order chi connectivity index (χ0) is 15.2. The van der Waals surface area contributed by atoms with Crippen LogP contribution in [0, 0.1) is 0 Å². The lowest BCUT2D eigenvalue weighted by Gasteiger charge is -2.18. The number of benzene rings is 1. The van der Waals surface area contributed by atoms with Gasteiger partial charge in [-0.2, -0.15) is 0 Å². The molecule has 4 nitrogen and oxygen atoms in total. The molecule has 1 aromatic heterocycles. The van der Waals surface area contributed by atoms with Crippen molar-refractivity contribution in [2.45, 2.75) is 27.3 Å². The second-order valence-electron chi connectivity index (χ2n) is 5.00. The number of aryl methyl sites for hydroxylation is 1. The lowest BCUT2D eigenvalue weighted by atomic mass is 10.1. The molecule has 0 N–H and O–H groups in total. The highest BCUT2D eigenvalue weighted by molar-refractivity contribution is 5.87. The highest BCUT2D eigenvalue weighted by atomic mass is 16.5. The molecule has 0 amide bonds. The van der Waals surface area contributed by atoms with E-state index in [4.69, 9.17) is 4.74 Å². The third-order valence-corrected chi connectivity index (χ3v) is 3.88. The van der Waals surface area contributed by atoms with Gasteiger partial charge < -0.3 is 14.2 Å². The van der Waals surface area contributed by atoms with Crippen molar-refractivity contribution in [2.24, 2.45) is 0 Å². The minimum Gasteiger partial charge on any atom is -0.492 e. The quantitative estimate of drug-likeness (QED) is 0.785. The van der Waals surface area contributed by atoms with Gasteiger partial charge in [-0.05, 0) is 38.2 Å². The van der Waals surface area contributed by atoms with E-state index in [0.29, 0.717) is 13.2 Å². The third-order valence-electron chi connectivity index (χ3n) is 3.88. The zero-order valence-corrected chi connectivity index (χ0v) is 13.1. The fourth-order valence-electron chi connectivity index (χ4n) is 2.49. The van der Waals surface area contributed by atoms with E-state index in [1.54, 1.807) is 4.57 Å². The number of likely N-dealkylation sites (N-methyl/N-ethyl adjacent to an activating group) is 1. The minimum atomic E-state index is 0.0455. The maximum atomic E-state index is 12.3. The molecule has 0 saturated carbocycles. The summed E-state index contributed by atoms with van der Waals surface area (Å²) in [7, 11) is 0. The molecule has 21 heavy (non-hydrogen) atoms. The van der Waals surface area contributed by atoms with Gasteiger partial charge in [0.1, 0.15) is 12.4 Å². The molecule has 1 aromatic carbocycles. The molecule has 0 aliphatic rings. The van der Waals surface area contributed by atoms with Crippen LogP contribution in [0.15, 0.2) is 35.3 Å². The zero-order valence-electron chi connectivity index (χ0n) is 13.1. The van der Waals surface area contributed by atoms with Crippen molar-refractivity contribution in [1.29, 1.82) is 0 Å². The van der Waals surface area contributed by atoms with E-state index < -0.39 is 0 Å². The highest BCUT2D eigenvalue weighted by Gasteiger charge is 2.07. The first kappa shape index (κ1) is 15.6. The van der Waals surface area contributed by atoms with E-state index in [1.807, 2.05) is 37.4 Å². The summed E-state index contributed by atoms with van der Waals surface area (Å²) in [6, 6.07) is 7.64. The second kappa shape index (κ2) is 7.27. The highest BCUT2D eigenvalue weighted by Crippen LogP contribution is 2.23. The Morgan fingerprint density at radius 2 is 1.86 bits per heavy atom. The molecule has 0 unspecified atom stereocenters. The van der Waals surface area contributed by atoms with E-state index in [9.17, 15) is 4.79 Å². The van der Waals surface area contributed by atoms with Crippen molar-refractivity contribution in [3.05, 3.63) is 40.8 Å². The van der Waals surface area contributed by atoms with E-state index >= 15 is 0 Å². The first-order chi connectivity index (χ1) is 10.2. The molecule has 1 heterocycles. The Kier molecular flexibility index (Phi) is 5.39. The Morgan fingerprint density at radius 3 is 2.52 bits per heavy atom. The van der Waals surface area contributed by atoms with Gasteiger partial charge in [-0.25, -0.2) is 0 Å². The third kappa shape index (κ3) is 3.45. The van der Waals surface area contributed by atoms with Gasteiger partial charge >= 0.3 is 0 Å². The number of aromatic nitrogens is 1. The number of fused-ring (bicyclic) bond motifs is 1. The minimum absolute atomic E-state index is 0.0455. The first-order valence-corrected chi connectivity index (χ1v) is 7.68. The Balaban J connectivity index is 2.21. The van der Waals surface area contributed by atoms with Gasteiger partial charge in [0.25, 0.3) is 5.56 Å². The molecule has 0 saturated heterocycles. The van der Waals surface area contributed by atoms with Crippen molar-refractivity contribution in [2.75, 3.05) is 26.2 Å². The van der Waals surface area contributed by atoms with Crippen LogP contribution in [0.1, 0.15) is 20.8 Å². The monoisotopic (exact) mass is 288 g/mol. The van der Waals surface area contributed by atoms with E-state index in [1.165, 1.54) is 0 Å². The van der Waals surface area contributed by atoms with Gasteiger partial charge in [0.15, 0.2) is 0 Å². The molecule has 2 rings (SSSR count). The number of pyridine rings is 1. The van der Waals surface area contributed by atoms with Crippen LogP contribution >= 0.6 is 0 Å². The van der Waals surface area contributed by atoms with E-state index in [-0.39, 0.29) is 5.56 Å². The first-order valence-electron chi connectivity index (χ1n) is 7.68. The summed E-state index contributed by atoms with van der Waals surface area (Å²) in [5.74, 6) is 0.792. The second-order valence-corrected chi connectivity index (χ2v) is 5.00. The van der Waals surface area contributed by atoms with Gasteiger partial charge in [0.05, 0.1) is 5.39 Å². The molecule has 0 fully saturated rings. The van der Waals surface area contributed by atoms with Crippen molar-refractivity contribution in [3.8, 4) is 5.75 Å². The fraction of sp³-hybridized carbons (Fsp3) is 0.471. The van der Waals surface area contributed by atoms with E-state index in [2.05, 4.69) is 18.7 Å². The SMILES string of the molecule is CCN(CC)CCOc1cccc2c(=O)n(CC)ccc12. The molecule has 0 spiro atoms. The van der Waals surface area contributed by atoms with Crippen molar-refractivity contribution >= 4 is 10.8 Å². The molecule has 114 valence electrons. The van der Waals surface area contributed by atoms with Crippen LogP contribution in [0.2, 0.25) is 0 Å². The molecule has 0 atom stereocenters. The number of rotatable bonds is 7. The predicted molar refractivity (Wildman–Crippen MR) is 87.2 cm³/mol.